The number of rotatable bonds is 5. The second-order valence-corrected chi connectivity index (χ2v) is 6.54. The molecule has 4 rings (SSSR count). The molecule has 30 heavy (non-hydrogen) atoms. The van der Waals surface area contributed by atoms with E-state index in [-0.39, 0.29) is 18.2 Å². The topological polar surface area (TPSA) is 126 Å². The van der Waals surface area contributed by atoms with Crippen molar-refractivity contribution in [3.63, 3.8) is 0 Å². The van der Waals surface area contributed by atoms with Crippen molar-refractivity contribution >= 4 is 17.3 Å². The fraction of sp³-hybridized carbons (Fsp3) is 0.150. The summed E-state index contributed by atoms with van der Waals surface area (Å²) in [5, 5.41) is 17.8. The largest absolute Gasteiger partial charge is 0.454 e. The highest BCUT2D eigenvalue weighted by molar-refractivity contribution is 5.93. The summed E-state index contributed by atoms with van der Waals surface area (Å²) in [6.45, 7) is 1.66. The fourth-order valence-electron chi connectivity index (χ4n) is 2.97. The van der Waals surface area contributed by atoms with E-state index in [2.05, 4.69) is 10.4 Å². The molecule has 0 bridgehead atoms. The van der Waals surface area contributed by atoms with E-state index in [1.807, 2.05) is 0 Å². The monoisotopic (exact) mass is 408 g/mol. The standard InChI is InChI=1S/C20H16N4O6/c1-12(20(26)21-14-3-2-4-15(10-14)24(27)28)23-19(25)8-6-16(22-23)13-5-7-17-18(9-13)30-11-29-17/h2-10,12H,11H2,1H3,(H,21,26). The molecular formula is C20H16N4O6. The van der Waals surface area contributed by atoms with Crippen molar-refractivity contribution in [2.45, 2.75) is 13.0 Å². The molecule has 152 valence electrons. The molecule has 0 saturated heterocycles. The van der Waals surface area contributed by atoms with Crippen LogP contribution >= 0.6 is 0 Å². The molecule has 1 aromatic heterocycles. The lowest BCUT2D eigenvalue weighted by Crippen LogP contribution is -2.33. The lowest BCUT2D eigenvalue weighted by molar-refractivity contribution is -0.384. The molecule has 0 aliphatic carbocycles. The first kappa shape index (κ1) is 19.1. The van der Waals surface area contributed by atoms with Crippen molar-refractivity contribution in [3.05, 3.63) is 75.1 Å². The molecular weight excluding hydrogens is 392 g/mol. The Hall–Kier alpha value is -4.21. The molecule has 0 saturated carbocycles. The first-order chi connectivity index (χ1) is 14.4. The normalized spacial score (nSPS) is 13.0. The third-order valence-corrected chi connectivity index (χ3v) is 4.56. The predicted molar refractivity (Wildman–Crippen MR) is 106 cm³/mol. The Morgan fingerprint density at radius 2 is 1.97 bits per heavy atom. The summed E-state index contributed by atoms with van der Waals surface area (Å²) in [5.74, 6) is 0.660. The maximum Gasteiger partial charge on any atom is 0.271 e. The van der Waals surface area contributed by atoms with Crippen LogP contribution in [0.3, 0.4) is 0 Å². The number of hydrogen-bond acceptors (Lipinski definition) is 7. The lowest BCUT2D eigenvalue weighted by Gasteiger charge is -2.15. The summed E-state index contributed by atoms with van der Waals surface area (Å²) in [7, 11) is 0. The van der Waals surface area contributed by atoms with Crippen molar-refractivity contribution in [1.82, 2.24) is 9.78 Å². The fourth-order valence-corrected chi connectivity index (χ4v) is 2.97. The van der Waals surface area contributed by atoms with Crippen LogP contribution in [0.25, 0.3) is 11.3 Å². The van der Waals surface area contributed by atoms with Gasteiger partial charge in [0.1, 0.15) is 6.04 Å². The van der Waals surface area contributed by atoms with E-state index in [0.717, 1.165) is 4.68 Å². The molecule has 1 aliphatic rings. The van der Waals surface area contributed by atoms with Crippen LogP contribution in [0.4, 0.5) is 11.4 Å². The van der Waals surface area contributed by atoms with Crippen molar-refractivity contribution in [3.8, 4) is 22.8 Å². The van der Waals surface area contributed by atoms with Gasteiger partial charge in [-0.25, -0.2) is 4.68 Å². The minimum absolute atomic E-state index is 0.139. The maximum absolute atomic E-state index is 12.6. The summed E-state index contributed by atoms with van der Waals surface area (Å²) in [6, 6.07) is 12.7. The number of aromatic nitrogens is 2. The van der Waals surface area contributed by atoms with Crippen molar-refractivity contribution in [2.75, 3.05) is 12.1 Å². The summed E-state index contributed by atoms with van der Waals surface area (Å²) in [5.41, 5.74) is 0.810. The highest BCUT2D eigenvalue weighted by atomic mass is 16.7. The van der Waals surface area contributed by atoms with Crippen LogP contribution in [0, 0.1) is 10.1 Å². The van der Waals surface area contributed by atoms with Crippen molar-refractivity contribution in [2.24, 2.45) is 0 Å². The lowest BCUT2D eigenvalue weighted by atomic mass is 10.1. The first-order valence-electron chi connectivity index (χ1n) is 8.97. The zero-order valence-corrected chi connectivity index (χ0v) is 15.8. The van der Waals surface area contributed by atoms with Crippen LogP contribution < -0.4 is 20.3 Å². The Morgan fingerprint density at radius 1 is 1.17 bits per heavy atom. The smallest absolute Gasteiger partial charge is 0.271 e. The predicted octanol–water partition coefficient (Wildman–Crippen LogP) is 2.75. The molecule has 3 aromatic rings. The van der Waals surface area contributed by atoms with E-state index in [4.69, 9.17) is 9.47 Å². The van der Waals surface area contributed by atoms with Crippen molar-refractivity contribution in [1.29, 1.82) is 0 Å². The number of nitrogens with zero attached hydrogens (tertiary/aromatic N) is 3. The van der Waals surface area contributed by atoms with Gasteiger partial charge in [-0.2, -0.15) is 5.10 Å². The van der Waals surface area contributed by atoms with Gasteiger partial charge in [0, 0.05) is 29.4 Å². The number of nitrogens with one attached hydrogen (secondary N) is 1. The molecule has 10 heteroatoms. The number of ether oxygens (including phenoxy) is 2. The van der Waals surface area contributed by atoms with Crippen LogP contribution in [0.2, 0.25) is 0 Å². The number of nitro groups is 1. The number of carbonyl (C=O) groups excluding carboxylic acids is 1. The molecule has 1 unspecified atom stereocenters. The summed E-state index contributed by atoms with van der Waals surface area (Å²) >= 11 is 0. The highest BCUT2D eigenvalue weighted by Crippen LogP contribution is 2.35. The molecule has 1 N–H and O–H groups in total. The summed E-state index contributed by atoms with van der Waals surface area (Å²) in [6.07, 6.45) is 0. The van der Waals surface area contributed by atoms with Crippen molar-refractivity contribution < 1.29 is 19.2 Å². The van der Waals surface area contributed by atoms with Crippen LogP contribution in [-0.4, -0.2) is 27.4 Å². The van der Waals surface area contributed by atoms with E-state index in [9.17, 15) is 19.7 Å². The number of anilines is 1. The quantitative estimate of drug-likeness (QED) is 0.508. The molecule has 1 atom stereocenters. The summed E-state index contributed by atoms with van der Waals surface area (Å²) in [4.78, 5) is 35.3. The highest BCUT2D eigenvalue weighted by Gasteiger charge is 2.20. The first-order valence-corrected chi connectivity index (χ1v) is 8.97. The van der Waals surface area contributed by atoms with E-state index in [0.29, 0.717) is 22.8 Å². The molecule has 2 heterocycles. The molecule has 2 aromatic carbocycles. The van der Waals surface area contributed by atoms with E-state index >= 15 is 0 Å². The van der Waals surface area contributed by atoms with Gasteiger partial charge >= 0.3 is 0 Å². The molecule has 1 amide bonds. The average molecular weight is 408 g/mol. The molecule has 0 fully saturated rings. The Labute approximate surface area is 169 Å². The Balaban J connectivity index is 1.59. The van der Waals surface area contributed by atoms with Gasteiger partial charge in [0.05, 0.1) is 10.6 Å². The van der Waals surface area contributed by atoms with Gasteiger partial charge in [0.2, 0.25) is 12.7 Å². The van der Waals surface area contributed by atoms with Crippen LogP contribution in [-0.2, 0) is 4.79 Å². The van der Waals surface area contributed by atoms with Gasteiger partial charge in [0.25, 0.3) is 11.2 Å². The average Bonchev–Trinajstić information content (AvgIpc) is 3.21. The number of non-ortho nitro benzene ring substituents is 1. The van der Waals surface area contributed by atoms with Gasteiger partial charge in [0.15, 0.2) is 11.5 Å². The van der Waals surface area contributed by atoms with Crippen LogP contribution in [0.1, 0.15) is 13.0 Å². The zero-order chi connectivity index (χ0) is 21.3. The molecule has 10 nitrogen and oxygen atoms in total. The van der Waals surface area contributed by atoms with E-state index in [1.54, 1.807) is 24.3 Å². The Bertz CT molecular complexity index is 1210. The third-order valence-electron chi connectivity index (χ3n) is 4.56. The number of hydrogen-bond donors (Lipinski definition) is 1. The molecule has 1 aliphatic heterocycles. The number of carbonyl (C=O) groups is 1. The van der Waals surface area contributed by atoms with Gasteiger partial charge in [-0.1, -0.05) is 6.07 Å². The van der Waals surface area contributed by atoms with Gasteiger partial charge in [-0.15, -0.1) is 0 Å². The van der Waals surface area contributed by atoms with E-state index in [1.165, 1.54) is 37.3 Å². The second kappa shape index (κ2) is 7.66. The van der Waals surface area contributed by atoms with Gasteiger partial charge in [-0.3, -0.25) is 19.7 Å². The number of amides is 1. The minimum Gasteiger partial charge on any atom is -0.454 e. The summed E-state index contributed by atoms with van der Waals surface area (Å²) < 4.78 is 11.7. The molecule has 0 spiro atoms. The third kappa shape index (κ3) is 3.70. The van der Waals surface area contributed by atoms with Crippen LogP contribution in [0.15, 0.2) is 59.4 Å². The zero-order valence-electron chi connectivity index (χ0n) is 15.8. The number of fused-ring (bicyclic) bond motifs is 1. The second-order valence-electron chi connectivity index (χ2n) is 6.54. The van der Waals surface area contributed by atoms with E-state index < -0.39 is 22.4 Å². The van der Waals surface area contributed by atoms with Gasteiger partial charge < -0.3 is 14.8 Å². The van der Waals surface area contributed by atoms with Crippen LogP contribution in [0.5, 0.6) is 11.5 Å². The SMILES string of the molecule is CC(C(=O)Nc1cccc([N+](=O)[O-])c1)n1nc(-c2ccc3c(c2)OCO3)ccc1=O. The maximum atomic E-state index is 12.6. The Morgan fingerprint density at radius 3 is 2.77 bits per heavy atom. The minimum atomic E-state index is -0.953. The Kier molecular flexibility index (Phi) is 4.88. The number of benzene rings is 2. The molecule has 0 radical (unpaired) electrons. The van der Waals surface area contributed by atoms with Gasteiger partial charge in [-0.05, 0) is 37.3 Å². The number of nitro benzene ring substituents is 1.